The molecule has 7 rings (SSSR count). The molecule has 1 saturated carbocycles. The van der Waals surface area contributed by atoms with Crippen LogP contribution in [0.4, 0.5) is 9.59 Å². The second-order valence-corrected chi connectivity index (χ2v) is 16.2. The van der Waals surface area contributed by atoms with Gasteiger partial charge in [0, 0.05) is 23.0 Å². The van der Waals surface area contributed by atoms with E-state index in [0.717, 1.165) is 87.6 Å². The van der Waals surface area contributed by atoms with Crippen molar-refractivity contribution in [3.63, 3.8) is 0 Å². The molecule has 3 heterocycles. The number of rotatable bonds is 14. The maximum atomic E-state index is 14.2. The zero-order valence-corrected chi connectivity index (χ0v) is 35.5. The minimum atomic E-state index is -0.708. The van der Waals surface area contributed by atoms with E-state index < -0.39 is 18.2 Å². The lowest BCUT2D eigenvalue weighted by molar-refractivity contribution is -0.138. The second kappa shape index (κ2) is 18.0. The molecule has 0 bridgehead atoms. The molecule has 5 aromatic rings. The van der Waals surface area contributed by atoms with E-state index in [1.165, 1.54) is 14.2 Å². The molecule has 1 fully saturated rings. The predicted molar refractivity (Wildman–Crippen MR) is 228 cm³/mol. The van der Waals surface area contributed by atoms with E-state index in [4.69, 9.17) is 19.4 Å². The van der Waals surface area contributed by atoms with Crippen molar-refractivity contribution < 1.29 is 33.4 Å². The van der Waals surface area contributed by atoms with Crippen molar-refractivity contribution in [1.29, 1.82) is 0 Å². The number of ether oxygens (including phenoxy) is 3. The monoisotopic (exact) mass is 820 g/mol. The van der Waals surface area contributed by atoms with Gasteiger partial charge in [-0.3, -0.25) is 9.59 Å². The molecule has 318 valence electrons. The van der Waals surface area contributed by atoms with E-state index in [-0.39, 0.29) is 42.9 Å². The molecule has 5 atom stereocenters. The SMILES string of the molecule is CCC(C)C(NC(=O)OC)C(=O)N(Cc1ncc(-c2ccc3c(c2)COc2cc4c(ccc5nc(CN(C(=O)CNC(=O)OC)[C@@H](C)CC)[nH]c54)cc2-3)[nH]1)[C@H]1CCC[C@H]1C. The largest absolute Gasteiger partial charge is 0.488 e. The van der Waals surface area contributed by atoms with Crippen molar-refractivity contribution in [2.45, 2.75) is 105 Å². The molecule has 3 aromatic carbocycles. The van der Waals surface area contributed by atoms with Crippen LogP contribution in [0.5, 0.6) is 5.75 Å². The van der Waals surface area contributed by atoms with E-state index in [0.29, 0.717) is 30.7 Å². The highest BCUT2D eigenvalue weighted by molar-refractivity contribution is 6.07. The Bertz CT molecular complexity index is 2390. The number of nitrogens with zero attached hydrogens (tertiary/aromatic N) is 4. The van der Waals surface area contributed by atoms with Crippen LogP contribution in [0.15, 0.2) is 48.7 Å². The third-order valence-electron chi connectivity index (χ3n) is 12.4. The number of methoxy groups -OCH3 is 2. The van der Waals surface area contributed by atoms with Gasteiger partial charge in [-0.2, -0.15) is 0 Å². The first kappa shape index (κ1) is 42.0. The summed E-state index contributed by atoms with van der Waals surface area (Å²) in [7, 11) is 2.57. The van der Waals surface area contributed by atoms with Crippen molar-refractivity contribution in [3.05, 3.63) is 65.9 Å². The molecular weight excluding hydrogens is 765 g/mol. The van der Waals surface area contributed by atoms with E-state index in [9.17, 15) is 19.2 Å². The van der Waals surface area contributed by atoms with E-state index in [1.54, 1.807) is 4.90 Å². The smallest absolute Gasteiger partial charge is 0.407 e. The Balaban J connectivity index is 1.12. The zero-order chi connectivity index (χ0) is 42.7. The Morgan fingerprint density at radius 3 is 2.45 bits per heavy atom. The van der Waals surface area contributed by atoms with Crippen molar-refractivity contribution in [1.82, 2.24) is 40.4 Å². The third-order valence-corrected chi connectivity index (χ3v) is 12.4. The fraction of sp³-hybridized carbons (Fsp3) is 0.467. The Hall–Kier alpha value is -6.12. The van der Waals surface area contributed by atoms with Gasteiger partial charge in [-0.15, -0.1) is 0 Å². The van der Waals surface area contributed by atoms with E-state index >= 15 is 0 Å². The van der Waals surface area contributed by atoms with Crippen LogP contribution >= 0.6 is 0 Å². The molecule has 4 N–H and O–H groups in total. The van der Waals surface area contributed by atoms with Crippen molar-refractivity contribution in [2.75, 3.05) is 20.8 Å². The lowest BCUT2D eigenvalue weighted by Gasteiger charge is -2.35. The molecule has 2 unspecified atom stereocenters. The number of imidazole rings is 2. The average Bonchev–Trinajstić information content (AvgIpc) is 4.03. The van der Waals surface area contributed by atoms with Crippen LogP contribution in [0.1, 0.15) is 83.9 Å². The van der Waals surface area contributed by atoms with Crippen LogP contribution in [0.25, 0.3) is 44.2 Å². The molecule has 1 aliphatic carbocycles. The van der Waals surface area contributed by atoms with Crippen molar-refractivity contribution >= 4 is 45.8 Å². The highest BCUT2D eigenvalue weighted by Gasteiger charge is 2.38. The zero-order valence-electron chi connectivity index (χ0n) is 35.5. The molecule has 1 aliphatic heterocycles. The van der Waals surface area contributed by atoms with Gasteiger partial charge in [0.15, 0.2) is 0 Å². The number of nitrogens with one attached hydrogen (secondary N) is 4. The fourth-order valence-corrected chi connectivity index (χ4v) is 8.53. The van der Waals surface area contributed by atoms with Gasteiger partial charge in [0.1, 0.15) is 36.6 Å². The third kappa shape index (κ3) is 8.61. The van der Waals surface area contributed by atoms with Crippen LogP contribution in [-0.4, -0.2) is 92.6 Å². The number of aromatic nitrogens is 4. The highest BCUT2D eigenvalue weighted by atomic mass is 16.5. The summed E-state index contributed by atoms with van der Waals surface area (Å²) in [6, 6.07) is 13.8. The summed E-state index contributed by atoms with van der Waals surface area (Å²) < 4.78 is 15.9. The van der Waals surface area contributed by atoms with Crippen molar-refractivity contribution in [3.8, 4) is 28.1 Å². The molecule has 60 heavy (non-hydrogen) atoms. The summed E-state index contributed by atoms with van der Waals surface area (Å²) >= 11 is 0. The molecule has 0 radical (unpaired) electrons. The Morgan fingerprint density at radius 2 is 1.73 bits per heavy atom. The van der Waals surface area contributed by atoms with Crippen LogP contribution < -0.4 is 15.4 Å². The van der Waals surface area contributed by atoms with Gasteiger partial charge in [-0.05, 0) is 84.4 Å². The van der Waals surface area contributed by atoms with E-state index in [1.807, 2.05) is 50.9 Å². The number of hydrogen-bond acceptors (Lipinski definition) is 9. The number of H-pyrrole nitrogens is 2. The van der Waals surface area contributed by atoms with Gasteiger partial charge < -0.3 is 44.6 Å². The average molecular weight is 821 g/mol. The quantitative estimate of drug-likeness (QED) is 0.0885. The number of carbonyl (C=O) groups excluding carboxylic acids is 4. The first-order valence-corrected chi connectivity index (χ1v) is 20.9. The standard InChI is InChI=1S/C45H56N8O7/c1-8-25(3)41(51-45(57)59-7)43(55)53(36-12-10-11-26(36)4)22-38-46-20-35(49-38)29-13-15-31-30(17-29)24-60-37-19-32-28(18-33(31)37)14-16-34-42(32)50-39(48-34)23-52(27(5)9-2)40(54)21-47-44(56)58-6/h13-20,25-27,36,41H,8-12,21-24H2,1-7H3,(H,46,49)(H,47,56)(H,48,50)(H,51,57)/t25?,26-,27+,36+,41?/m1/s1. The summed E-state index contributed by atoms with van der Waals surface area (Å²) in [5.74, 6) is 1.98. The van der Waals surface area contributed by atoms with Gasteiger partial charge in [-0.1, -0.05) is 58.7 Å². The molecule has 4 amide bonds. The lowest BCUT2D eigenvalue weighted by Crippen LogP contribution is -2.54. The Kier molecular flexibility index (Phi) is 12.6. The number of benzene rings is 3. The maximum absolute atomic E-state index is 14.2. The second-order valence-electron chi connectivity index (χ2n) is 16.2. The van der Waals surface area contributed by atoms with Crippen molar-refractivity contribution in [2.24, 2.45) is 11.8 Å². The molecule has 15 heteroatoms. The normalized spacial score (nSPS) is 17.2. The number of aromatic amines is 2. The molecule has 2 aliphatic rings. The summed E-state index contributed by atoms with van der Waals surface area (Å²) in [4.78, 5) is 71.4. The molecule has 2 aromatic heterocycles. The maximum Gasteiger partial charge on any atom is 0.407 e. The summed E-state index contributed by atoms with van der Waals surface area (Å²) in [5, 5.41) is 7.26. The van der Waals surface area contributed by atoms with Gasteiger partial charge in [0.25, 0.3) is 0 Å². The number of fused-ring (bicyclic) bond motifs is 6. The Labute approximate surface area is 349 Å². The van der Waals surface area contributed by atoms with Crippen LogP contribution in [-0.2, 0) is 38.8 Å². The number of carbonyl (C=O) groups is 4. The molecular formula is C45H56N8O7. The minimum Gasteiger partial charge on any atom is -0.488 e. The first-order chi connectivity index (χ1) is 28.9. The van der Waals surface area contributed by atoms with Gasteiger partial charge in [-0.25, -0.2) is 19.6 Å². The minimum absolute atomic E-state index is 0.0410. The number of amides is 4. The molecule has 0 spiro atoms. The first-order valence-electron chi connectivity index (χ1n) is 20.9. The van der Waals surface area contributed by atoms with Gasteiger partial charge >= 0.3 is 12.2 Å². The van der Waals surface area contributed by atoms with Crippen LogP contribution in [0.2, 0.25) is 0 Å². The van der Waals surface area contributed by atoms with E-state index in [2.05, 4.69) is 62.6 Å². The summed E-state index contributed by atoms with van der Waals surface area (Å²) in [6.45, 7) is 10.9. The van der Waals surface area contributed by atoms with Crippen LogP contribution in [0.3, 0.4) is 0 Å². The van der Waals surface area contributed by atoms with Gasteiger partial charge in [0.05, 0.1) is 50.2 Å². The summed E-state index contributed by atoms with van der Waals surface area (Å²) in [6.07, 6.45) is 4.98. The summed E-state index contributed by atoms with van der Waals surface area (Å²) in [5.41, 5.74) is 6.53. The molecule has 15 nitrogen and oxygen atoms in total. The highest BCUT2D eigenvalue weighted by Crippen LogP contribution is 2.42. The fourth-order valence-electron chi connectivity index (χ4n) is 8.53. The predicted octanol–water partition coefficient (Wildman–Crippen LogP) is 7.44. The topological polar surface area (TPSA) is 184 Å². The Morgan fingerprint density at radius 1 is 0.933 bits per heavy atom. The molecule has 0 saturated heterocycles. The number of alkyl carbamates (subject to hydrolysis) is 2. The number of hydrogen-bond donors (Lipinski definition) is 4. The van der Waals surface area contributed by atoms with Crippen LogP contribution in [0, 0.1) is 11.8 Å². The lowest BCUT2D eigenvalue weighted by atomic mass is 9.92. The van der Waals surface area contributed by atoms with Gasteiger partial charge in [0.2, 0.25) is 11.8 Å².